The highest BCUT2D eigenvalue weighted by molar-refractivity contribution is 7.09. The fraction of sp³-hybridized carbons (Fsp3) is 0.400. The largest absolute Gasteiger partial charge is 0.311 e. The molecule has 1 aromatic carbocycles. The van der Waals surface area contributed by atoms with Crippen molar-refractivity contribution in [3.63, 3.8) is 0 Å². The number of benzene rings is 1. The van der Waals surface area contributed by atoms with Gasteiger partial charge in [-0.15, -0.1) is 11.3 Å². The van der Waals surface area contributed by atoms with Gasteiger partial charge in [-0.25, -0.2) is 4.98 Å². The standard InChI is InChI=1S/C15H18N2S/c1-10-17-14(9-18-10)15(16-2)13-8-12(13)11-6-4-3-5-7-11/h3-7,9,12-13,15-16H,8H2,1-2H3. The first kappa shape index (κ1) is 11.9. The van der Waals surface area contributed by atoms with Gasteiger partial charge in [-0.1, -0.05) is 30.3 Å². The number of hydrogen-bond donors (Lipinski definition) is 1. The number of nitrogens with one attached hydrogen (secondary N) is 1. The number of hydrogen-bond acceptors (Lipinski definition) is 3. The van der Waals surface area contributed by atoms with Crippen molar-refractivity contribution in [3.05, 3.63) is 52.0 Å². The lowest BCUT2D eigenvalue weighted by Gasteiger charge is -2.13. The first-order chi connectivity index (χ1) is 8.79. The van der Waals surface area contributed by atoms with Gasteiger partial charge in [0.1, 0.15) is 0 Å². The Balaban J connectivity index is 1.76. The number of aryl methyl sites for hydroxylation is 1. The van der Waals surface area contributed by atoms with Crippen LogP contribution in [0.15, 0.2) is 35.7 Å². The van der Waals surface area contributed by atoms with Crippen molar-refractivity contribution in [1.29, 1.82) is 0 Å². The Morgan fingerprint density at radius 1 is 1.33 bits per heavy atom. The topological polar surface area (TPSA) is 24.9 Å². The lowest BCUT2D eigenvalue weighted by molar-refractivity contribution is 0.507. The van der Waals surface area contributed by atoms with Crippen molar-refractivity contribution in [2.24, 2.45) is 5.92 Å². The number of nitrogens with zero attached hydrogens (tertiary/aromatic N) is 1. The number of rotatable bonds is 4. The molecule has 2 nitrogen and oxygen atoms in total. The van der Waals surface area contributed by atoms with Gasteiger partial charge in [0.2, 0.25) is 0 Å². The average Bonchev–Trinajstić information content (AvgIpc) is 3.07. The van der Waals surface area contributed by atoms with Crippen molar-refractivity contribution in [1.82, 2.24) is 10.3 Å². The summed E-state index contributed by atoms with van der Waals surface area (Å²) in [5.74, 6) is 1.39. The van der Waals surface area contributed by atoms with Crippen molar-refractivity contribution >= 4 is 11.3 Å². The Bertz CT molecular complexity index is 520. The van der Waals surface area contributed by atoms with Crippen LogP contribution in [0.25, 0.3) is 0 Å². The van der Waals surface area contributed by atoms with Crippen LogP contribution in [0.5, 0.6) is 0 Å². The zero-order chi connectivity index (χ0) is 12.5. The van der Waals surface area contributed by atoms with Gasteiger partial charge in [-0.2, -0.15) is 0 Å². The van der Waals surface area contributed by atoms with Crippen LogP contribution in [0, 0.1) is 12.8 Å². The SMILES string of the molecule is CNC(c1csc(C)n1)C1CC1c1ccccc1. The summed E-state index contributed by atoms with van der Waals surface area (Å²) in [6, 6.07) is 11.2. The van der Waals surface area contributed by atoms with Crippen molar-refractivity contribution in [3.8, 4) is 0 Å². The maximum atomic E-state index is 4.63. The molecular formula is C15H18N2S. The molecule has 3 atom stereocenters. The molecule has 2 aromatic rings. The van der Waals surface area contributed by atoms with E-state index in [4.69, 9.17) is 0 Å². The van der Waals surface area contributed by atoms with Crippen LogP contribution in [0.3, 0.4) is 0 Å². The molecule has 1 saturated carbocycles. The highest BCUT2D eigenvalue weighted by Gasteiger charge is 2.44. The third-order valence-electron chi connectivity index (χ3n) is 3.76. The molecule has 3 rings (SSSR count). The van der Waals surface area contributed by atoms with Gasteiger partial charge >= 0.3 is 0 Å². The summed E-state index contributed by atoms with van der Waals surface area (Å²) in [4.78, 5) is 4.63. The zero-order valence-electron chi connectivity index (χ0n) is 10.8. The van der Waals surface area contributed by atoms with Crippen LogP contribution in [0.1, 0.15) is 34.6 Å². The summed E-state index contributed by atoms with van der Waals surface area (Å²) in [5.41, 5.74) is 2.68. The summed E-state index contributed by atoms with van der Waals surface area (Å²) in [7, 11) is 2.04. The molecular weight excluding hydrogens is 240 g/mol. The summed E-state index contributed by atoms with van der Waals surface area (Å²) in [6.45, 7) is 2.07. The molecule has 18 heavy (non-hydrogen) atoms. The van der Waals surface area contributed by atoms with Gasteiger partial charge in [-0.05, 0) is 37.8 Å². The molecule has 0 aliphatic heterocycles. The van der Waals surface area contributed by atoms with Crippen LogP contribution < -0.4 is 5.32 Å². The predicted octanol–water partition coefficient (Wildman–Crippen LogP) is 3.52. The molecule has 1 heterocycles. The van der Waals surface area contributed by atoms with E-state index in [9.17, 15) is 0 Å². The maximum Gasteiger partial charge on any atom is 0.0898 e. The molecule has 0 bridgehead atoms. The second-order valence-corrected chi connectivity index (χ2v) is 6.04. The van der Waals surface area contributed by atoms with Gasteiger partial charge in [-0.3, -0.25) is 0 Å². The fourth-order valence-electron chi connectivity index (χ4n) is 2.77. The van der Waals surface area contributed by atoms with E-state index in [-0.39, 0.29) is 0 Å². The molecule has 1 aromatic heterocycles. The predicted molar refractivity (Wildman–Crippen MR) is 75.9 cm³/mol. The summed E-state index contributed by atoms with van der Waals surface area (Å²) in [5, 5.41) is 6.78. The normalized spacial score (nSPS) is 23.9. The third kappa shape index (κ3) is 2.20. The third-order valence-corrected chi connectivity index (χ3v) is 4.55. The highest BCUT2D eigenvalue weighted by atomic mass is 32.1. The molecule has 0 spiro atoms. The second kappa shape index (κ2) is 4.82. The first-order valence-electron chi connectivity index (χ1n) is 6.44. The molecule has 0 radical (unpaired) electrons. The molecule has 1 fully saturated rings. The minimum Gasteiger partial charge on any atom is -0.311 e. The fourth-order valence-corrected chi connectivity index (χ4v) is 3.42. The Morgan fingerprint density at radius 3 is 2.72 bits per heavy atom. The molecule has 0 saturated heterocycles. The van der Waals surface area contributed by atoms with Gasteiger partial charge in [0.05, 0.1) is 16.7 Å². The van der Waals surface area contributed by atoms with E-state index in [0.29, 0.717) is 17.9 Å². The lowest BCUT2D eigenvalue weighted by Crippen LogP contribution is -2.19. The quantitative estimate of drug-likeness (QED) is 0.907. The Morgan fingerprint density at radius 2 is 2.11 bits per heavy atom. The maximum absolute atomic E-state index is 4.63. The zero-order valence-corrected chi connectivity index (χ0v) is 11.6. The molecule has 1 aliphatic rings. The van der Waals surface area contributed by atoms with E-state index < -0.39 is 0 Å². The Hall–Kier alpha value is -1.19. The van der Waals surface area contributed by atoms with E-state index in [1.165, 1.54) is 17.7 Å². The number of aromatic nitrogens is 1. The molecule has 1 aliphatic carbocycles. The average molecular weight is 258 g/mol. The monoisotopic (exact) mass is 258 g/mol. The van der Waals surface area contributed by atoms with E-state index >= 15 is 0 Å². The molecule has 94 valence electrons. The van der Waals surface area contributed by atoms with Crippen LogP contribution in [-0.4, -0.2) is 12.0 Å². The summed E-state index contributed by atoms with van der Waals surface area (Å²) >= 11 is 1.74. The van der Waals surface area contributed by atoms with Crippen molar-refractivity contribution < 1.29 is 0 Å². The minimum absolute atomic E-state index is 0.403. The Kier molecular flexibility index (Phi) is 3.18. The molecule has 3 heteroatoms. The molecule has 0 amide bonds. The van der Waals surface area contributed by atoms with Gasteiger partial charge < -0.3 is 5.32 Å². The molecule has 3 unspecified atom stereocenters. The smallest absolute Gasteiger partial charge is 0.0898 e. The van der Waals surface area contributed by atoms with Crippen LogP contribution in [0.2, 0.25) is 0 Å². The van der Waals surface area contributed by atoms with Gasteiger partial charge in [0, 0.05) is 5.38 Å². The molecule has 1 N–H and O–H groups in total. The minimum atomic E-state index is 0.403. The van der Waals surface area contributed by atoms with Crippen LogP contribution in [0.4, 0.5) is 0 Å². The van der Waals surface area contributed by atoms with Crippen LogP contribution in [-0.2, 0) is 0 Å². The Labute approximate surface area is 112 Å². The first-order valence-corrected chi connectivity index (χ1v) is 7.32. The van der Waals surface area contributed by atoms with E-state index in [1.807, 2.05) is 7.05 Å². The van der Waals surface area contributed by atoms with E-state index in [1.54, 1.807) is 11.3 Å². The van der Waals surface area contributed by atoms with Gasteiger partial charge in [0.15, 0.2) is 0 Å². The van der Waals surface area contributed by atoms with Crippen molar-refractivity contribution in [2.45, 2.75) is 25.3 Å². The van der Waals surface area contributed by atoms with Gasteiger partial charge in [0.25, 0.3) is 0 Å². The summed E-state index contributed by atoms with van der Waals surface area (Å²) < 4.78 is 0. The van der Waals surface area contributed by atoms with Crippen LogP contribution >= 0.6 is 11.3 Å². The lowest BCUT2D eigenvalue weighted by atomic mass is 10.0. The second-order valence-electron chi connectivity index (χ2n) is 4.97. The number of thiazole rings is 1. The summed E-state index contributed by atoms with van der Waals surface area (Å²) in [6.07, 6.45) is 1.27. The van der Waals surface area contributed by atoms with E-state index in [2.05, 4.69) is 52.9 Å². The van der Waals surface area contributed by atoms with Crippen molar-refractivity contribution in [2.75, 3.05) is 7.05 Å². The van der Waals surface area contributed by atoms with E-state index in [0.717, 1.165) is 5.01 Å². The highest BCUT2D eigenvalue weighted by Crippen LogP contribution is 2.53.